The molecule has 39 heavy (non-hydrogen) atoms. The van der Waals surface area contributed by atoms with Gasteiger partial charge in [0, 0.05) is 17.6 Å². The van der Waals surface area contributed by atoms with Crippen LogP contribution in [-0.4, -0.2) is 43.8 Å². The average molecular weight is 570 g/mol. The maximum Gasteiger partial charge on any atom is 0.264 e. The predicted octanol–water partition coefficient (Wildman–Crippen LogP) is 5.48. The molecule has 0 saturated carbocycles. The van der Waals surface area contributed by atoms with E-state index < -0.39 is 28.5 Å². The van der Waals surface area contributed by atoms with Crippen molar-refractivity contribution >= 4 is 39.1 Å². The minimum atomic E-state index is -4.09. The molecule has 0 heterocycles. The molecule has 2 amide bonds. The molecule has 0 aliphatic carbocycles. The summed E-state index contributed by atoms with van der Waals surface area (Å²) in [5.74, 6) is -0.817. The number of carbonyl (C=O) groups is 2. The summed E-state index contributed by atoms with van der Waals surface area (Å²) in [5.41, 5.74) is 3.00. The van der Waals surface area contributed by atoms with Crippen LogP contribution in [0.25, 0.3) is 0 Å². The number of anilines is 1. The largest absolute Gasteiger partial charge is 0.352 e. The van der Waals surface area contributed by atoms with Gasteiger partial charge in [0.1, 0.15) is 12.6 Å². The second-order valence-electron chi connectivity index (χ2n) is 9.80. The van der Waals surface area contributed by atoms with E-state index in [1.165, 1.54) is 17.0 Å². The zero-order valence-electron chi connectivity index (χ0n) is 23.0. The Morgan fingerprint density at radius 2 is 1.41 bits per heavy atom. The number of halogens is 1. The van der Waals surface area contributed by atoms with E-state index >= 15 is 0 Å². The topological polar surface area (TPSA) is 86.8 Å². The van der Waals surface area contributed by atoms with Gasteiger partial charge in [-0.2, -0.15) is 0 Å². The fourth-order valence-electron chi connectivity index (χ4n) is 3.91. The van der Waals surface area contributed by atoms with Gasteiger partial charge in [0.05, 0.1) is 10.6 Å². The number of hydrogen-bond acceptors (Lipinski definition) is 4. The number of hydrogen-bond donors (Lipinski definition) is 1. The molecule has 2 atom stereocenters. The molecule has 3 rings (SSSR count). The molecule has 0 aliphatic heterocycles. The monoisotopic (exact) mass is 569 g/mol. The Kier molecular flexibility index (Phi) is 10.2. The summed E-state index contributed by atoms with van der Waals surface area (Å²) in [5, 5.41) is 3.48. The van der Waals surface area contributed by atoms with Crippen LogP contribution in [0.3, 0.4) is 0 Å². The van der Waals surface area contributed by atoms with Crippen molar-refractivity contribution in [1.82, 2.24) is 10.2 Å². The molecular weight excluding hydrogens is 534 g/mol. The summed E-state index contributed by atoms with van der Waals surface area (Å²) in [7, 11) is -4.09. The highest BCUT2D eigenvalue weighted by molar-refractivity contribution is 7.92. The number of sulfonamides is 1. The van der Waals surface area contributed by atoms with E-state index in [-0.39, 0.29) is 23.4 Å². The normalized spacial score (nSPS) is 12.9. The molecule has 0 saturated heterocycles. The molecule has 7 nitrogen and oxygen atoms in total. The number of benzene rings is 3. The Morgan fingerprint density at radius 3 is 1.95 bits per heavy atom. The third-order valence-corrected chi connectivity index (χ3v) is 8.68. The van der Waals surface area contributed by atoms with Crippen LogP contribution in [0.5, 0.6) is 0 Å². The maximum absolute atomic E-state index is 13.9. The third kappa shape index (κ3) is 7.83. The highest BCUT2D eigenvalue weighted by Gasteiger charge is 2.32. The van der Waals surface area contributed by atoms with Crippen molar-refractivity contribution in [2.45, 2.75) is 64.6 Å². The van der Waals surface area contributed by atoms with Crippen LogP contribution >= 0.6 is 11.6 Å². The number of carbonyl (C=O) groups excluding carboxylic acids is 2. The fraction of sp³-hybridized carbons (Fsp3) is 0.333. The number of nitrogens with zero attached hydrogens (tertiary/aromatic N) is 2. The Balaban J connectivity index is 2.01. The number of amides is 2. The molecule has 9 heteroatoms. The van der Waals surface area contributed by atoms with Crippen LogP contribution in [0.1, 0.15) is 43.9 Å². The van der Waals surface area contributed by atoms with Crippen LogP contribution in [-0.2, 0) is 26.2 Å². The smallest absolute Gasteiger partial charge is 0.264 e. The quantitative estimate of drug-likeness (QED) is 0.331. The number of nitrogens with one attached hydrogen (secondary N) is 1. The van der Waals surface area contributed by atoms with Gasteiger partial charge in [-0.15, -0.1) is 0 Å². The SMILES string of the molecule is CCC(C)NC(=O)C(C)N(Cc1ccc(Cl)cc1)C(=O)CN(c1ccc(C)cc1)S(=O)(=O)c1ccc(C)cc1. The van der Waals surface area contributed by atoms with Crippen LogP contribution < -0.4 is 9.62 Å². The van der Waals surface area contributed by atoms with Gasteiger partial charge in [-0.1, -0.05) is 66.0 Å². The van der Waals surface area contributed by atoms with Gasteiger partial charge in [-0.05, 0) is 76.1 Å². The minimum absolute atomic E-state index is 0.0709. The van der Waals surface area contributed by atoms with E-state index in [1.807, 2.05) is 27.7 Å². The molecule has 0 spiro atoms. The summed E-state index contributed by atoms with van der Waals surface area (Å²) >= 11 is 6.04. The summed E-state index contributed by atoms with van der Waals surface area (Å²) in [6, 6.07) is 19.5. The molecule has 208 valence electrons. The first-order valence-electron chi connectivity index (χ1n) is 12.9. The molecular formula is C30H36ClN3O4S. The Labute approximate surface area is 236 Å². The molecule has 0 aromatic heterocycles. The van der Waals surface area contributed by atoms with Gasteiger partial charge in [-0.25, -0.2) is 8.42 Å². The van der Waals surface area contributed by atoms with Crippen molar-refractivity contribution in [2.24, 2.45) is 0 Å². The Hall–Kier alpha value is -3.36. The Bertz CT molecular complexity index is 1380. The first-order chi connectivity index (χ1) is 18.4. The van der Waals surface area contributed by atoms with Crippen molar-refractivity contribution in [3.05, 3.63) is 94.5 Å². The van der Waals surface area contributed by atoms with Crippen molar-refractivity contribution in [3.8, 4) is 0 Å². The number of rotatable bonds is 11. The van der Waals surface area contributed by atoms with Crippen LogP contribution in [0, 0.1) is 13.8 Å². The lowest BCUT2D eigenvalue weighted by Gasteiger charge is -2.32. The second-order valence-corrected chi connectivity index (χ2v) is 12.1. The zero-order chi connectivity index (χ0) is 28.7. The fourth-order valence-corrected chi connectivity index (χ4v) is 5.45. The molecule has 3 aromatic rings. The molecule has 0 aliphatic rings. The van der Waals surface area contributed by atoms with Gasteiger partial charge < -0.3 is 10.2 Å². The molecule has 0 bridgehead atoms. The highest BCUT2D eigenvalue weighted by atomic mass is 35.5. The van der Waals surface area contributed by atoms with Crippen LogP contribution in [0.4, 0.5) is 5.69 Å². The third-order valence-electron chi connectivity index (χ3n) is 6.64. The lowest BCUT2D eigenvalue weighted by atomic mass is 10.1. The standard InChI is InChI=1S/C30H36ClN3O4S/c1-6-23(4)32-30(36)24(5)33(19-25-11-13-26(31)14-12-25)29(35)20-34(27-15-7-21(2)8-16-27)39(37,38)28-17-9-22(3)10-18-28/h7-18,23-24H,6,19-20H2,1-5H3,(H,32,36). The minimum Gasteiger partial charge on any atom is -0.352 e. The molecule has 0 radical (unpaired) electrons. The van der Waals surface area contributed by atoms with Gasteiger partial charge in [0.2, 0.25) is 11.8 Å². The van der Waals surface area contributed by atoms with E-state index in [4.69, 9.17) is 11.6 Å². The van der Waals surface area contributed by atoms with Gasteiger partial charge in [0.15, 0.2) is 0 Å². The van der Waals surface area contributed by atoms with E-state index in [2.05, 4.69) is 5.32 Å². The first kappa shape index (κ1) is 30.2. The molecule has 0 fully saturated rings. The predicted molar refractivity (Wildman–Crippen MR) is 156 cm³/mol. The first-order valence-corrected chi connectivity index (χ1v) is 14.7. The van der Waals surface area contributed by atoms with Crippen LogP contribution in [0.2, 0.25) is 5.02 Å². The van der Waals surface area contributed by atoms with E-state index in [9.17, 15) is 18.0 Å². The lowest BCUT2D eigenvalue weighted by molar-refractivity contribution is -0.139. The van der Waals surface area contributed by atoms with E-state index in [1.54, 1.807) is 67.6 Å². The highest BCUT2D eigenvalue weighted by Crippen LogP contribution is 2.25. The van der Waals surface area contributed by atoms with Gasteiger partial charge in [0.25, 0.3) is 10.0 Å². The van der Waals surface area contributed by atoms with Crippen molar-refractivity contribution in [3.63, 3.8) is 0 Å². The second kappa shape index (κ2) is 13.1. The summed E-state index contributed by atoms with van der Waals surface area (Å²) < 4.78 is 28.8. The van der Waals surface area contributed by atoms with Crippen molar-refractivity contribution in [2.75, 3.05) is 10.8 Å². The van der Waals surface area contributed by atoms with E-state index in [0.717, 1.165) is 27.4 Å². The van der Waals surface area contributed by atoms with Crippen LogP contribution in [0.15, 0.2) is 77.7 Å². The average Bonchev–Trinajstić information content (AvgIpc) is 2.91. The molecule has 3 aromatic carbocycles. The van der Waals surface area contributed by atoms with Gasteiger partial charge in [-0.3, -0.25) is 13.9 Å². The van der Waals surface area contributed by atoms with E-state index in [0.29, 0.717) is 10.7 Å². The molecule has 2 unspecified atom stereocenters. The van der Waals surface area contributed by atoms with Crippen molar-refractivity contribution < 1.29 is 18.0 Å². The maximum atomic E-state index is 13.9. The summed E-state index contributed by atoms with van der Waals surface area (Å²) in [6.45, 7) is 8.91. The molecule has 1 N–H and O–H groups in total. The summed E-state index contributed by atoms with van der Waals surface area (Å²) in [6.07, 6.45) is 0.736. The zero-order valence-corrected chi connectivity index (χ0v) is 24.6. The van der Waals surface area contributed by atoms with Gasteiger partial charge >= 0.3 is 0 Å². The summed E-state index contributed by atoms with van der Waals surface area (Å²) in [4.78, 5) is 28.5. The number of aryl methyl sites for hydroxylation is 2. The van der Waals surface area contributed by atoms with Crippen molar-refractivity contribution in [1.29, 1.82) is 0 Å². The Morgan fingerprint density at radius 1 is 0.872 bits per heavy atom. The lowest BCUT2D eigenvalue weighted by Crippen LogP contribution is -2.52.